The Hall–Kier alpha value is -1.42. The average molecular weight is 265 g/mol. The van der Waals surface area contributed by atoms with Gasteiger partial charge < -0.3 is 10.2 Å². The first kappa shape index (κ1) is 14.0. The van der Waals surface area contributed by atoms with E-state index in [9.17, 15) is 9.18 Å². The summed E-state index contributed by atoms with van der Waals surface area (Å²) in [6, 6.07) is 5.88. The number of anilines is 1. The van der Waals surface area contributed by atoms with Crippen molar-refractivity contribution < 1.29 is 14.1 Å². The molecule has 19 heavy (non-hydrogen) atoms. The van der Waals surface area contributed by atoms with Gasteiger partial charge in [0.05, 0.1) is 13.1 Å². The molecule has 1 saturated heterocycles. The van der Waals surface area contributed by atoms with Crippen molar-refractivity contribution in [3.63, 3.8) is 0 Å². The average Bonchev–Trinajstić information content (AvgIpc) is 2.30. The molecule has 1 aromatic carbocycles. The van der Waals surface area contributed by atoms with Crippen LogP contribution in [-0.2, 0) is 4.79 Å². The van der Waals surface area contributed by atoms with Crippen molar-refractivity contribution in [3.05, 3.63) is 30.1 Å². The number of piperidine rings is 1. The van der Waals surface area contributed by atoms with E-state index in [4.69, 9.17) is 0 Å². The van der Waals surface area contributed by atoms with E-state index in [0.717, 1.165) is 13.1 Å². The number of benzene rings is 1. The van der Waals surface area contributed by atoms with Crippen LogP contribution in [0.25, 0.3) is 0 Å². The number of carbonyl (C=O) groups excluding carboxylic acids is 1. The second-order valence-electron chi connectivity index (χ2n) is 5.84. The molecule has 0 spiro atoms. The van der Waals surface area contributed by atoms with Gasteiger partial charge in [0, 0.05) is 17.5 Å². The smallest absolute Gasteiger partial charge is 0.279 e. The number of hydrogen-bond acceptors (Lipinski definition) is 1. The number of hydrogen-bond donors (Lipinski definition) is 2. The molecule has 0 aromatic heterocycles. The highest BCUT2D eigenvalue weighted by molar-refractivity contribution is 5.91. The number of quaternary nitrogens is 1. The van der Waals surface area contributed by atoms with Crippen LogP contribution in [0.3, 0.4) is 0 Å². The Bertz CT molecular complexity index is 422. The summed E-state index contributed by atoms with van der Waals surface area (Å²) >= 11 is 0. The largest absolute Gasteiger partial charge is 0.327 e. The Kier molecular flexibility index (Phi) is 4.53. The quantitative estimate of drug-likeness (QED) is 0.849. The SMILES string of the molecule is C[C@@H]1C[C@H](C)C[NH+](CC(=O)Nc2ccc(F)cc2)C1. The third kappa shape index (κ3) is 4.31. The molecule has 2 N–H and O–H groups in total. The van der Waals surface area contributed by atoms with Crippen LogP contribution in [0.2, 0.25) is 0 Å². The molecule has 1 heterocycles. The summed E-state index contributed by atoms with van der Waals surface area (Å²) in [7, 11) is 0. The zero-order chi connectivity index (χ0) is 13.8. The predicted molar refractivity (Wildman–Crippen MR) is 73.5 cm³/mol. The first-order chi connectivity index (χ1) is 9.02. The van der Waals surface area contributed by atoms with Crippen molar-refractivity contribution in [2.75, 3.05) is 25.0 Å². The normalized spacial score (nSPS) is 27.0. The van der Waals surface area contributed by atoms with Gasteiger partial charge in [0.15, 0.2) is 6.54 Å². The first-order valence-electron chi connectivity index (χ1n) is 6.92. The van der Waals surface area contributed by atoms with E-state index in [1.54, 1.807) is 12.1 Å². The van der Waals surface area contributed by atoms with E-state index in [0.29, 0.717) is 24.1 Å². The second-order valence-corrected chi connectivity index (χ2v) is 5.84. The highest BCUT2D eigenvalue weighted by atomic mass is 19.1. The van der Waals surface area contributed by atoms with E-state index in [1.165, 1.54) is 23.5 Å². The van der Waals surface area contributed by atoms with Gasteiger partial charge in [0.25, 0.3) is 5.91 Å². The number of carbonyl (C=O) groups is 1. The van der Waals surface area contributed by atoms with Gasteiger partial charge >= 0.3 is 0 Å². The summed E-state index contributed by atoms with van der Waals surface area (Å²) in [6.07, 6.45) is 1.25. The topological polar surface area (TPSA) is 33.5 Å². The van der Waals surface area contributed by atoms with Gasteiger partial charge in [-0.05, 0) is 30.7 Å². The standard InChI is InChI=1S/C15H21FN2O/c1-11-7-12(2)9-18(8-11)10-15(19)17-14-5-3-13(16)4-6-14/h3-6,11-12H,7-10H2,1-2H3,(H,17,19)/p+1/t11-,12+. The van der Waals surface area contributed by atoms with Gasteiger partial charge in [0.1, 0.15) is 5.82 Å². The van der Waals surface area contributed by atoms with E-state index >= 15 is 0 Å². The van der Waals surface area contributed by atoms with Crippen LogP contribution in [0.1, 0.15) is 20.3 Å². The first-order valence-corrected chi connectivity index (χ1v) is 6.92. The van der Waals surface area contributed by atoms with Gasteiger partial charge in [0.2, 0.25) is 0 Å². The van der Waals surface area contributed by atoms with Crippen molar-refractivity contribution in [2.45, 2.75) is 20.3 Å². The lowest BCUT2D eigenvalue weighted by Gasteiger charge is -2.31. The highest BCUT2D eigenvalue weighted by Crippen LogP contribution is 2.12. The van der Waals surface area contributed by atoms with Crippen LogP contribution in [-0.4, -0.2) is 25.5 Å². The molecule has 104 valence electrons. The summed E-state index contributed by atoms with van der Waals surface area (Å²) in [5.74, 6) is 1.07. The van der Waals surface area contributed by atoms with Gasteiger partial charge in [-0.3, -0.25) is 4.79 Å². The van der Waals surface area contributed by atoms with Crippen molar-refractivity contribution in [3.8, 4) is 0 Å². The number of rotatable bonds is 3. The molecular formula is C15H22FN2O+. The van der Waals surface area contributed by atoms with Crippen LogP contribution >= 0.6 is 0 Å². The Morgan fingerprint density at radius 3 is 2.42 bits per heavy atom. The van der Waals surface area contributed by atoms with E-state index in [2.05, 4.69) is 19.2 Å². The maximum Gasteiger partial charge on any atom is 0.279 e. The summed E-state index contributed by atoms with van der Waals surface area (Å²) < 4.78 is 12.8. The third-order valence-electron chi connectivity index (χ3n) is 3.62. The van der Waals surface area contributed by atoms with Gasteiger partial charge in [-0.2, -0.15) is 0 Å². The number of likely N-dealkylation sites (tertiary alicyclic amines) is 1. The van der Waals surface area contributed by atoms with E-state index in [1.807, 2.05) is 0 Å². The molecule has 0 aliphatic carbocycles. The fourth-order valence-corrected chi connectivity index (χ4v) is 3.03. The number of halogens is 1. The van der Waals surface area contributed by atoms with Crippen molar-refractivity contribution in [1.82, 2.24) is 0 Å². The van der Waals surface area contributed by atoms with Gasteiger partial charge in [-0.1, -0.05) is 13.8 Å². The van der Waals surface area contributed by atoms with Gasteiger partial charge in [-0.15, -0.1) is 0 Å². The maximum absolute atomic E-state index is 12.8. The van der Waals surface area contributed by atoms with E-state index in [-0.39, 0.29) is 11.7 Å². The zero-order valence-electron chi connectivity index (χ0n) is 11.6. The third-order valence-corrected chi connectivity index (χ3v) is 3.62. The van der Waals surface area contributed by atoms with Gasteiger partial charge in [-0.25, -0.2) is 4.39 Å². The molecule has 1 aliphatic heterocycles. The van der Waals surface area contributed by atoms with Crippen LogP contribution in [0, 0.1) is 17.7 Å². The van der Waals surface area contributed by atoms with Crippen molar-refractivity contribution >= 4 is 11.6 Å². The highest BCUT2D eigenvalue weighted by Gasteiger charge is 2.26. The molecule has 3 nitrogen and oxygen atoms in total. The fourth-order valence-electron chi connectivity index (χ4n) is 3.03. The maximum atomic E-state index is 12.8. The molecule has 0 bridgehead atoms. The second kappa shape index (κ2) is 6.15. The monoisotopic (exact) mass is 265 g/mol. The minimum atomic E-state index is -0.290. The summed E-state index contributed by atoms with van der Waals surface area (Å²) in [4.78, 5) is 13.3. The summed E-state index contributed by atoms with van der Waals surface area (Å²) in [5, 5.41) is 2.82. The molecule has 1 fully saturated rings. The molecular weight excluding hydrogens is 243 g/mol. The Balaban J connectivity index is 1.85. The molecule has 1 amide bonds. The lowest BCUT2D eigenvalue weighted by Crippen LogP contribution is -3.15. The summed E-state index contributed by atoms with van der Waals surface area (Å²) in [6.45, 7) is 7.09. The molecule has 2 rings (SSSR count). The molecule has 1 unspecified atom stereocenters. The lowest BCUT2D eigenvalue weighted by molar-refractivity contribution is -0.904. The van der Waals surface area contributed by atoms with E-state index < -0.39 is 0 Å². The predicted octanol–water partition coefficient (Wildman–Crippen LogP) is 1.32. The Morgan fingerprint density at radius 1 is 1.26 bits per heavy atom. The molecule has 4 heteroatoms. The van der Waals surface area contributed by atoms with Crippen molar-refractivity contribution in [2.24, 2.45) is 11.8 Å². The summed E-state index contributed by atoms with van der Waals surface area (Å²) in [5.41, 5.74) is 0.656. The van der Waals surface area contributed by atoms with Crippen LogP contribution in [0.15, 0.2) is 24.3 Å². The molecule has 3 atom stereocenters. The van der Waals surface area contributed by atoms with Crippen molar-refractivity contribution in [1.29, 1.82) is 0 Å². The Morgan fingerprint density at radius 2 is 1.84 bits per heavy atom. The minimum Gasteiger partial charge on any atom is -0.327 e. The molecule has 0 radical (unpaired) electrons. The number of nitrogens with one attached hydrogen (secondary N) is 2. The number of amides is 1. The molecule has 0 saturated carbocycles. The fraction of sp³-hybridized carbons (Fsp3) is 0.533. The lowest BCUT2D eigenvalue weighted by atomic mass is 9.92. The minimum absolute atomic E-state index is 0.00269. The molecule has 1 aliphatic rings. The van der Waals surface area contributed by atoms with Crippen LogP contribution in [0.5, 0.6) is 0 Å². The molecule has 1 aromatic rings. The van der Waals surface area contributed by atoms with Crippen LogP contribution < -0.4 is 10.2 Å². The zero-order valence-corrected chi connectivity index (χ0v) is 11.6. The Labute approximate surface area is 113 Å². The van der Waals surface area contributed by atoms with Crippen LogP contribution in [0.4, 0.5) is 10.1 Å².